The molecule has 3 N–H and O–H groups in total. The van der Waals surface area contributed by atoms with Crippen LogP contribution in [0.4, 0.5) is 21.9 Å². The zero-order chi connectivity index (χ0) is 24.1. The Hall–Kier alpha value is -3.68. The van der Waals surface area contributed by atoms with Crippen LogP contribution in [0.3, 0.4) is 0 Å². The molecule has 0 saturated carbocycles. The summed E-state index contributed by atoms with van der Waals surface area (Å²) in [5.74, 6) is -0.773. The Morgan fingerprint density at radius 2 is 1.82 bits per heavy atom. The first-order valence-corrected chi connectivity index (χ1v) is 11.3. The molecular formula is C26H25ClN4O3. The molecule has 0 saturated heterocycles. The molecule has 1 atom stereocenters. The Balaban J connectivity index is 1.74. The number of hydrogen-bond acceptors (Lipinski definition) is 5. The Morgan fingerprint density at radius 1 is 1.09 bits per heavy atom. The molecule has 3 aromatic rings. The smallest absolute Gasteiger partial charge is 0.411 e. The first-order chi connectivity index (χ1) is 16.5. The van der Waals surface area contributed by atoms with Crippen molar-refractivity contribution in [2.24, 2.45) is 4.99 Å². The number of nitrogens with one attached hydrogen (secondary N) is 3. The quantitative estimate of drug-likeness (QED) is 0.393. The van der Waals surface area contributed by atoms with E-state index in [-0.39, 0.29) is 5.91 Å². The van der Waals surface area contributed by atoms with Crippen molar-refractivity contribution >= 4 is 46.4 Å². The maximum atomic E-state index is 13.1. The van der Waals surface area contributed by atoms with Gasteiger partial charge in [-0.2, -0.15) is 0 Å². The SMILES string of the molecule is CCNCc1ccc(N=C(c2ccc(NC(=O)OC)cc2)C2C(=O)Nc3cc(Cl)ccc32)cc1. The van der Waals surface area contributed by atoms with E-state index in [4.69, 9.17) is 16.6 Å². The van der Waals surface area contributed by atoms with Crippen LogP contribution in [0.2, 0.25) is 5.02 Å². The summed E-state index contributed by atoms with van der Waals surface area (Å²) in [5.41, 5.74) is 5.32. The summed E-state index contributed by atoms with van der Waals surface area (Å²) in [7, 11) is 1.31. The molecule has 0 radical (unpaired) electrons. The van der Waals surface area contributed by atoms with Crippen molar-refractivity contribution in [3.05, 3.63) is 88.4 Å². The second-order valence-electron chi connectivity index (χ2n) is 7.79. The molecule has 1 aliphatic rings. The zero-order valence-corrected chi connectivity index (χ0v) is 19.6. The van der Waals surface area contributed by atoms with Crippen LogP contribution in [0.5, 0.6) is 0 Å². The summed E-state index contributed by atoms with van der Waals surface area (Å²) in [6.07, 6.45) is -0.555. The van der Waals surface area contributed by atoms with Gasteiger partial charge < -0.3 is 15.4 Å². The molecular weight excluding hydrogens is 452 g/mol. The highest BCUT2D eigenvalue weighted by Gasteiger charge is 2.35. The molecule has 0 aliphatic carbocycles. The Labute approximate surface area is 203 Å². The summed E-state index contributed by atoms with van der Waals surface area (Å²) >= 11 is 6.14. The van der Waals surface area contributed by atoms with E-state index >= 15 is 0 Å². The molecule has 0 fully saturated rings. The van der Waals surface area contributed by atoms with E-state index < -0.39 is 12.0 Å². The van der Waals surface area contributed by atoms with Crippen LogP contribution in [0.1, 0.15) is 29.5 Å². The third-order valence-electron chi connectivity index (χ3n) is 5.50. The van der Waals surface area contributed by atoms with E-state index in [9.17, 15) is 9.59 Å². The number of halogens is 1. The first-order valence-electron chi connectivity index (χ1n) is 10.9. The van der Waals surface area contributed by atoms with Crippen LogP contribution in [0, 0.1) is 0 Å². The van der Waals surface area contributed by atoms with Crippen LogP contribution in [-0.4, -0.2) is 31.4 Å². The summed E-state index contributed by atoms with van der Waals surface area (Å²) in [6, 6.07) is 20.4. The van der Waals surface area contributed by atoms with Gasteiger partial charge in [0.1, 0.15) is 5.92 Å². The minimum atomic E-state index is -0.604. The van der Waals surface area contributed by atoms with Crippen molar-refractivity contribution in [2.75, 3.05) is 24.3 Å². The van der Waals surface area contributed by atoms with Crippen molar-refractivity contribution in [2.45, 2.75) is 19.4 Å². The molecule has 7 nitrogen and oxygen atoms in total. The zero-order valence-electron chi connectivity index (χ0n) is 18.9. The number of carbonyl (C=O) groups excluding carboxylic acids is 2. The lowest BCUT2D eigenvalue weighted by atomic mass is 9.90. The van der Waals surface area contributed by atoms with Crippen molar-refractivity contribution in [3.63, 3.8) is 0 Å². The van der Waals surface area contributed by atoms with Crippen LogP contribution >= 0.6 is 11.6 Å². The van der Waals surface area contributed by atoms with Gasteiger partial charge in [0.2, 0.25) is 5.91 Å². The summed E-state index contributed by atoms with van der Waals surface area (Å²) in [6.45, 7) is 3.74. The van der Waals surface area contributed by atoms with Gasteiger partial charge in [0.05, 0.1) is 18.5 Å². The standard InChI is InChI=1S/C26H25ClN4O3/c1-3-28-15-16-4-9-19(10-5-16)29-24(17-6-11-20(12-7-17)30-26(33)34-2)23-21-13-8-18(27)14-22(21)31-25(23)32/h4-14,23,28H,3,15H2,1-2H3,(H,30,33)(H,31,32). The van der Waals surface area contributed by atoms with E-state index in [1.165, 1.54) is 7.11 Å². The minimum absolute atomic E-state index is 0.170. The third-order valence-corrected chi connectivity index (χ3v) is 5.73. The fourth-order valence-corrected chi connectivity index (χ4v) is 3.96. The molecule has 0 aromatic heterocycles. The fraction of sp³-hybridized carbons (Fsp3) is 0.192. The molecule has 3 aromatic carbocycles. The number of aliphatic imine (C=N–C) groups is 1. The summed E-state index contributed by atoms with van der Waals surface area (Å²) in [5, 5.41) is 9.40. The molecule has 0 spiro atoms. The second kappa shape index (κ2) is 10.5. The Bertz CT molecular complexity index is 1220. The van der Waals surface area contributed by atoms with Crippen molar-refractivity contribution in [1.82, 2.24) is 5.32 Å². The summed E-state index contributed by atoms with van der Waals surface area (Å²) in [4.78, 5) is 29.5. The number of carbonyl (C=O) groups is 2. The van der Waals surface area contributed by atoms with Gasteiger partial charge in [-0.3, -0.25) is 15.1 Å². The predicted molar refractivity (Wildman–Crippen MR) is 135 cm³/mol. The molecule has 8 heteroatoms. The highest BCUT2D eigenvalue weighted by molar-refractivity contribution is 6.31. The molecule has 4 rings (SSSR count). The van der Waals surface area contributed by atoms with Gasteiger partial charge in [-0.25, -0.2) is 4.79 Å². The van der Waals surface area contributed by atoms with E-state index in [1.54, 1.807) is 24.3 Å². The average Bonchev–Trinajstić information content (AvgIpc) is 3.17. The van der Waals surface area contributed by atoms with E-state index in [0.717, 1.165) is 35.5 Å². The number of rotatable bonds is 7. The van der Waals surface area contributed by atoms with Gasteiger partial charge in [0.25, 0.3) is 0 Å². The lowest BCUT2D eigenvalue weighted by Crippen LogP contribution is -2.22. The summed E-state index contributed by atoms with van der Waals surface area (Å²) < 4.78 is 4.65. The number of hydrogen-bond donors (Lipinski definition) is 3. The van der Waals surface area contributed by atoms with E-state index in [0.29, 0.717) is 22.1 Å². The van der Waals surface area contributed by atoms with E-state index in [1.807, 2.05) is 42.5 Å². The average molecular weight is 477 g/mol. The van der Waals surface area contributed by atoms with Gasteiger partial charge in [0, 0.05) is 22.9 Å². The normalized spacial score (nSPS) is 15.0. The number of methoxy groups -OCH3 is 1. The Kier molecular flexibility index (Phi) is 7.25. The van der Waals surface area contributed by atoms with Gasteiger partial charge in [0.15, 0.2) is 0 Å². The molecule has 1 aliphatic heterocycles. The maximum absolute atomic E-state index is 13.1. The highest BCUT2D eigenvalue weighted by Crippen LogP contribution is 2.38. The first kappa shape index (κ1) is 23.5. The van der Waals surface area contributed by atoms with Gasteiger partial charge >= 0.3 is 6.09 Å². The molecule has 0 bridgehead atoms. The lowest BCUT2D eigenvalue weighted by Gasteiger charge is -2.15. The number of fused-ring (bicyclic) bond motifs is 1. The molecule has 1 unspecified atom stereocenters. The minimum Gasteiger partial charge on any atom is -0.453 e. The highest BCUT2D eigenvalue weighted by atomic mass is 35.5. The van der Waals surface area contributed by atoms with Crippen LogP contribution in [-0.2, 0) is 16.1 Å². The second-order valence-corrected chi connectivity index (χ2v) is 8.23. The molecule has 1 heterocycles. The van der Waals surface area contributed by atoms with Gasteiger partial charge in [-0.05, 0) is 59.6 Å². The largest absolute Gasteiger partial charge is 0.453 e. The van der Waals surface area contributed by atoms with Crippen LogP contribution < -0.4 is 16.0 Å². The number of anilines is 2. The number of ether oxygens (including phenoxy) is 1. The lowest BCUT2D eigenvalue weighted by molar-refractivity contribution is -0.115. The predicted octanol–water partition coefficient (Wildman–Crippen LogP) is 5.48. The van der Waals surface area contributed by atoms with Crippen LogP contribution in [0.25, 0.3) is 0 Å². The van der Waals surface area contributed by atoms with Crippen LogP contribution in [0.15, 0.2) is 71.7 Å². The van der Waals surface area contributed by atoms with Crippen molar-refractivity contribution in [3.8, 4) is 0 Å². The number of nitrogens with zero attached hydrogens (tertiary/aromatic N) is 1. The molecule has 34 heavy (non-hydrogen) atoms. The number of amides is 2. The van der Waals surface area contributed by atoms with Gasteiger partial charge in [-0.1, -0.05) is 48.9 Å². The number of benzene rings is 3. The monoisotopic (exact) mass is 476 g/mol. The maximum Gasteiger partial charge on any atom is 0.411 e. The molecule has 2 amide bonds. The van der Waals surface area contributed by atoms with E-state index in [2.05, 4.69) is 27.6 Å². The van der Waals surface area contributed by atoms with Gasteiger partial charge in [-0.15, -0.1) is 0 Å². The third kappa shape index (κ3) is 5.27. The Morgan fingerprint density at radius 3 is 2.50 bits per heavy atom. The molecule has 174 valence electrons. The topological polar surface area (TPSA) is 91.8 Å². The van der Waals surface area contributed by atoms with Crippen molar-refractivity contribution in [1.29, 1.82) is 0 Å². The van der Waals surface area contributed by atoms with Crippen molar-refractivity contribution < 1.29 is 14.3 Å². The fourth-order valence-electron chi connectivity index (χ4n) is 3.79.